The summed E-state index contributed by atoms with van der Waals surface area (Å²) < 4.78 is 0. The Morgan fingerprint density at radius 2 is 1.33 bits per heavy atom. The van der Waals surface area contributed by atoms with E-state index in [0.29, 0.717) is 32.4 Å². The van der Waals surface area contributed by atoms with Gasteiger partial charge in [0.25, 0.3) is 0 Å². The molecule has 0 aliphatic rings. The standard InChI is InChI=1S/C38H65N11O8/c1-7-24(5)31(39)35(54)45-20-29(50)47-27(11-8-9-17-42-19-26-15-13-23(4)14-16-26)34(53)44-21-30(51)49-32(22(2)3)36(55)46-25(6)33(52)48-28(37(56)57)12-10-18-43-38(40)41/h13-16,22,24-25,27-28,31-32,42H,7-12,17-21,39H2,1-6H3,(H,44,53)(H,45,54)(H,46,55)(H,47,50)(H,48,52)(H,49,51)(H,56,57)(H4,40,41,43)/t24-,25-,27-,28-,31-,32-/m0/s1. The Hall–Kier alpha value is -5.30. The van der Waals surface area contributed by atoms with Crippen LogP contribution in [-0.2, 0) is 40.1 Å². The van der Waals surface area contributed by atoms with Crippen molar-refractivity contribution in [1.82, 2.24) is 37.2 Å². The van der Waals surface area contributed by atoms with Crippen molar-refractivity contribution in [2.75, 3.05) is 26.2 Å². The third-order valence-corrected chi connectivity index (χ3v) is 9.18. The number of aliphatic imine (C=N–C) groups is 1. The summed E-state index contributed by atoms with van der Waals surface area (Å²) in [6, 6.07) is 2.79. The summed E-state index contributed by atoms with van der Waals surface area (Å²) in [7, 11) is 0. The van der Waals surface area contributed by atoms with Crippen LogP contribution in [0.3, 0.4) is 0 Å². The van der Waals surface area contributed by atoms with Gasteiger partial charge in [-0.3, -0.25) is 33.8 Å². The Morgan fingerprint density at radius 3 is 1.91 bits per heavy atom. The van der Waals surface area contributed by atoms with Gasteiger partial charge in [-0.2, -0.15) is 0 Å². The Labute approximate surface area is 335 Å². The molecule has 0 aliphatic carbocycles. The zero-order valence-electron chi connectivity index (χ0n) is 34.1. The first-order valence-corrected chi connectivity index (χ1v) is 19.4. The minimum atomic E-state index is -1.28. The number of amides is 6. The van der Waals surface area contributed by atoms with Crippen LogP contribution in [0.1, 0.15) is 84.3 Å². The van der Waals surface area contributed by atoms with Gasteiger partial charge in [0.05, 0.1) is 19.1 Å². The molecule has 6 amide bonds. The van der Waals surface area contributed by atoms with Crippen LogP contribution < -0.4 is 54.4 Å². The number of aliphatic carboxylic acids is 1. The Morgan fingerprint density at radius 1 is 0.737 bits per heavy atom. The molecule has 19 heteroatoms. The number of nitrogens with zero attached hydrogens (tertiary/aromatic N) is 1. The quantitative estimate of drug-likeness (QED) is 0.0279. The predicted molar refractivity (Wildman–Crippen MR) is 216 cm³/mol. The van der Waals surface area contributed by atoms with Crippen LogP contribution in [0.25, 0.3) is 0 Å². The minimum absolute atomic E-state index is 0.0366. The van der Waals surface area contributed by atoms with Crippen molar-refractivity contribution in [3.05, 3.63) is 35.4 Å². The minimum Gasteiger partial charge on any atom is -0.480 e. The lowest BCUT2D eigenvalue weighted by Crippen LogP contribution is -2.57. The van der Waals surface area contributed by atoms with Gasteiger partial charge >= 0.3 is 5.97 Å². The number of benzene rings is 1. The summed E-state index contributed by atoms with van der Waals surface area (Å²) in [6.45, 7) is 11.0. The summed E-state index contributed by atoms with van der Waals surface area (Å²) in [5, 5.41) is 27.9. The third-order valence-electron chi connectivity index (χ3n) is 9.18. The SMILES string of the molecule is CC[C@H](C)[C@H](N)C(=O)NCC(=O)N[C@@H](CCCCNCc1ccc(C)cc1)C(=O)NCC(=O)N[C@H](C(=O)N[C@@H](C)C(=O)N[C@@H](CCCN=C(N)N)C(=O)O)C(C)C. The number of carbonyl (C=O) groups excluding carboxylic acids is 6. The smallest absolute Gasteiger partial charge is 0.326 e. The van der Waals surface area contributed by atoms with Gasteiger partial charge in [0.1, 0.15) is 24.2 Å². The molecule has 0 heterocycles. The van der Waals surface area contributed by atoms with E-state index < -0.39 is 90.6 Å². The van der Waals surface area contributed by atoms with Crippen molar-refractivity contribution in [2.24, 2.45) is 34.0 Å². The summed E-state index contributed by atoms with van der Waals surface area (Å²) in [5.41, 5.74) is 18.8. The van der Waals surface area contributed by atoms with Gasteiger partial charge in [-0.25, -0.2) is 4.79 Å². The lowest BCUT2D eigenvalue weighted by Gasteiger charge is -2.25. The highest BCUT2D eigenvalue weighted by Crippen LogP contribution is 2.07. The molecule has 0 bridgehead atoms. The van der Waals surface area contributed by atoms with Gasteiger partial charge in [-0.1, -0.05) is 63.9 Å². The summed E-state index contributed by atoms with van der Waals surface area (Å²) in [4.78, 5) is 92.9. The van der Waals surface area contributed by atoms with E-state index in [1.54, 1.807) is 13.8 Å². The van der Waals surface area contributed by atoms with Gasteiger partial charge in [-0.05, 0) is 69.9 Å². The fourth-order valence-corrected chi connectivity index (χ4v) is 5.33. The molecular weight excluding hydrogens is 738 g/mol. The number of aryl methyl sites for hydroxylation is 1. The number of carboxylic acids is 1. The van der Waals surface area contributed by atoms with Crippen molar-refractivity contribution in [1.29, 1.82) is 0 Å². The summed E-state index contributed by atoms with van der Waals surface area (Å²) in [6.07, 6.45) is 2.46. The molecular formula is C38H65N11O8. The van der Waals surface area contributed by atoms with E-state index in [1.165, 1.54) is 12.5 Å². The lowest BCUT2D eigenvalue weighted by molar-refractivity contribution is -0.142. The first-order chi connectivity index (χ1) is 26.9. The topological polar surface area (TPSA) is 314 Å². The van der Waals surface area contributed by atoms with Crippen LogP contribution in [-0.4, -0.2) is 109 Å². The van der Waals surface area contributed by atoms with Crippen LogP contribution in [0, 0.1) is 18.8 Å². The largest absolute Gasteiger partial charge is 0.480 e. The molecule has 0 radical (unpaired) electrons. The Bertz CT molecular complexity index is 1500. The molecule has 0 aromatic heterocycles. The highest BCUT2D eigenvalue weighted by atomic mass is 16.4. The zero-order chi connectivity index (χ0) is 43.1. The molecule has 0 aliphatic heterocycles. The highest BCUT2D eigenvalue weighted by Gasteiger charge is 2.29. The first-order valence-electron chi connectivity index (χ1n) is 19.4. The predicted octanol–water partition coefficient (Wildman–Crippen LogP) is -1.39. The van der Waals surface area contributed by atoms with E-state index in [4.69, 9.17) is 17.2 Å². The Balaban J connectivity index is 2.81. The molecule has 0 unspecified atom stereocenters. The average Bonchev–Trinajstić information content (AvgIpc) is 3.16. The van der Waals surface area contributed by atoms with Crippen LogP contribution in [0.15, 0.2) is 29.3 Å². The monoisotopic (exact) mass is 804 g/mol. The molecule has 0 spiro atoms. The molecule has 0 saturated carbocycles. The fraction of sp³-hybridized carbons (Fsp3) is 0.632. The normalized spacial score (nSPS) is 14.1. The number of carbonyl (C=O) groups is 7. The second-order valence-corrected chi connectivity index (χ2v) is 14.5. The van der Waals surface area contributed by atoms with E-state index >= 15 is 0 Å². The summed E-state index contributed by atoms with van der Waals surface area (Å²) in [5.74, 6) is -5.88. The van der Waals surface area contributed by atoms with Gasteiger partial charge in [0.2, 0.25) is 35.4 Å². The maximum absolute atomic E-state index is 13.3. The van der Waals surface area contributed by atoms with Crippen molar-refractivity contribution >= 4 is 47.4 Å². The highest BCUT2D eigenvalue weighted by molar-refractivity contribution is 5.95. The van der Waals surface area contributed by atoms with Crippen molar-refractivity contribution in [3.63, 3.8) is 0 Å². The van der Waals surface area contributed by atoms with Crippen molar-refractivity contribution in [3.8, 4) is 0 Å². The number of rotatable bonds is 27. The van der Waals surface area contributed by atoms with Crippen LogP contribution in [0.4, 0.5) is 0 Å². The average molecular weight is 804 g/mol. The van der Waals surface area contributed by atoms with E-state index in [1.807, 2.05) is 45.0 Å². The molecule has 320 valence electrons. The van der Waals surface area contributed by atoms with Gasteiger partial charge in [0.15, 0.2) is 5.96 Å². The number of nitrogens with one attached hydrogen (secondary N) is 7. The first kappa shape index (κ1) is 49.7. The second kappa shape index (κ2) is 26.5. The van der Waals surface area contributed by atoms with E-state index in [0.717, 1.165) is 5.56 Å². The number of hydrogen-bond donors (Lipinski definition) is 11. The maximum Gasteiger partial charge on any atom is 0.326 e. The van der Waals surface area contributed by atoms with Crippen molar-refractivity contribution < 1.29 is 38.7 Å². The molecule has 14 N–H and O–H groups in total. The van der Waals surface area contributed by atoms with Gasteiger partial charge < -0.3 is 59.5 Å². The molecule has 1 aromatic carbocycles. The molecule has 6 atom stereocenters. The van der Waals surface area contributed by atoms with E-state index in [2.05, 4.69) is 42.2 Å². The maximum atomic E-state index is 13.3. The molecule has 0 saturated heterocycles. The number of nitrogens with two attached hydrogens (primary N) is 3. The number of hydrogen-bond acceptors (Lipinski definition) is 10. The molecule has 1 rings (SSSR count). The fourth-order valence-electron chi connectivity index (χ4n) is 5.33. The van der Waals surface area contributed by atoms with E-state index in [9.17, 15) is 38.7 Å². The van der Waals surface area contributed by atoms with Gasteiger partial charge in [0, 0.05) is 13.1 Å². The van der Waals surface area contributed by atoms with Crippen LogP contribution in [0.2, 0.25) is 0 Å². The number of carboxylic acid groups (broad SMARTS) is 1. The molecule has 0 fully saturated rings. The molecule has 1 aromatic rings. The lowest BCUT2D eigenvalue weighted by atomic mass is 9.99. The Kier molecular flexibility index (Phi) is 23.1. The van der Waals surface area contributed by atoms with E-state index in [-0.39, 0.29) is 37.7 Å². The van der Waals surface area contributed by atoms with Crippen LogP contribution >= 0.6 is 0 Å². The van der Waals surface area contributed by atoms with Crippen molar-refractivity contribution in [2.45, 2.75) is 117 Å². The van der Waals surface area contributed by atoms with Crippen LogP contribution in [0.5, 0.6) is 0 Å². The summed E-state index contributed by atoms with van der Waals surface area (Å²) >= 11 is 0. The molecule has 19 nitrogen and oxygen atoms in total. The van der Waals surface area contributed by atoms with Gasteiger partial charge in [-0.15, -0.1) is 0 Å². The second-order valence-electron chi connectivity index (χ2n) is 14.5. The zero-order valence-corrected chi connectivity index (χ0v) is 34.1. The number of guanidine groups is 1. The number of unbranched alkanes of at least 4 members (excludes halogenated alkanes) is 1. The third kappa shape index (κ3) is 20.4. The molecule has 57 heavy (non-hydrogen) atoms.